The van der Waals surface area contributed by atoms with Gasteiger partial charge in [-0.3, -0.25) is 0 Å². The number of hydrogen-bond acceptors (Lipinski definition) is 2. The highest BCUT2D eigenvalue weighted by atomic mass is 35.5. The normalized spacial score (nSPS) is 18.9. The quantitative estimate of drug-likeness (QED) is 0.835. The molecule has 90 valence electrons. The predicted octanol–water partition coefficient (Wildman–Crippen LogP) is 2.63. The van der Waals surface area contributed by atoms with Gasteiger partial charge in [-0.25, -0.2) is 0 Å². The summed E-state index contributed by atoms with van der Waals surface area (Å²) in [6.45, 7) is 4.05. The second-order valence-electron chi connectivity index (χ2n) is 4.37. The SMILES string of the molecule is C[C@@H](O)c1cccc(C2CCNCC2)c1.Cl. The van der Waals surface area contributed by atoms with E-state index in [4.69, 9.17) is 0 Å². The molecule has 1 aromatic rings. The molecular formula is C13H20ClNO. The molecule has 0 spiro atoms. The Bertz CT molecular complexity index is 321. The van der Waals surface area contributed by atoms with Crippen molar-refractivity contribution in [1.29, 1.82) is 0 Å². The van der Waals surface area contributed by atoms with Crippen molar-refractivity contribution in [3.63, 3.8) is 0 Å². The van der Waals surface area contributed by atoms with Crippen LogP contribution in [-0.4, -0.2) is 18.2 Å². The fourth-order valence-corrected chi connectivity index (χ4v) is 2.23. The van der Waals surface area contributed by atoms with Gasteiger partial charge in [0, 0.05) is 0 Å². The molecule has 1 aliphatic rings. The minimum absolute atomic E-state index is 0. The first-order valence-electron chi connectivity index (χ1n) is 5.76. The number of hydrogen-bond donors (Lipinski definition) is 2. The van der Waals surface area contributed by atoms with Gasteiger partial charge in [-0.05, 0) is 49.9 Å². The molecule has 1 aliphatic heterocycles. The lowest BCUT2D eigenvalue weighted by Gasteiger charge is -2.23. The molecule has 3 heteroatoms. The van der Waals surface area contributed by atoms with Crippen LogP contribution < -0.4 is 5.32 Å². The molecule has 1 atom stereocenters. The summed E-state index contributed by atoms with van der Waals surface area (Å²) in [6.07, 6.45) is 2.07. The molecule has 0 aliphatic carbocycles. The van der Waals surface area contributed by atoms with Gasteiger partial charge in [-0.15, -0.1) is 12.4 Å². The molecule has 1 saturated heterocycles. The standard InChI is InChI=1S/C13H19NO.ClH/c1-10(15)12-3-2-4-13(9-12)11-5-7-14-8-6-11;/h2-4,9-11,14-15H,5-8H2,1H3;1H/t10-;/m1./s1. The van der Waals surface area contributed by atoms with Crippen LogP contribution in [0.15, 0.2) is 24.3 Å². The third-order valence-corrected chi connectivity index (χ3v) is 3.20. The summed E-state index contributed by atoms with van der Waals surface area (Å²) in [5, 5.41) is 12.9. The maximum atomic E-state index is 9.53. The van der Waals surface area contributed by atoms with Gasteiger partial charge in [-0.2, -0.15) is 0 Å². The Balaban J connectivity index is 0.00000128. The van der Waals surface area contributed by atoms with Crippen LogP contribution in [0.3, 0.4) is 0 Å². The van der Waals surface area contributed by atoms with Crippen molar-refractivity contribution < 1.29 is 5.11 Å². The van der Waals surface area contributed by atoms with Crippen LogP contribution in [0.4, 0.5) is 0 Å². The Morgan fingerprint density at radius 3 is 2.62 bits per heavy atom. The number of halogens is 1. The molecule has 1 aromatic carbocycles. The van der Waals surface area contributed by atoms with E-state index in [1.165, 1.54) is 18.4 Å². The van der Waals surface area contributed by atoms with Crippen molar-refractivity contribution in [2.75, 3.05) is 13.1 Å². The molecule has 0 bridgehead atoms. The highest BCUT2D eigenvalue weighted by Crippen LogP contribution is 2.27. The van der Waals surface area contributed by atoms with Crippen LogP contribution in [0.2, 0.25) is 0 Å². The van der Waals surface area contributed by atoms with E-state index >= 15 is 0 Å². The third kappa shape index (κ3) is 3.21. The van der Waals surface area contributed by atoms with E-state index in [0.29, 0.717) is 5.92 Å². The third-order valence-electron chi connectivity index (χ3n) is 3.20. The lowest BCUT2D eigenvalue weighted by molar-refractivity contribution is 0.199. The molecule has 1 fully saturated rings. The molecule has 16 heavy (non-hydrogen) atoms. The molecule has 2 N–H and O–H groups in total. The largest absolute Gasteiger partial charge is 0.389 e. The Kier molecular flexibility index (Phi) is 5.26. The number of benzene rings is 1. The topological polar surface area (TPSA) is 32.3 Å². The van der Waals surface area contributed by atoms with Gasteiger partial charge in [0.05, 0.1) is 6.10 Å². The summed E-state index contributed by atoms with van der Waals surface area (Å²) in [5.41, 5.74) is 2.42. The van der Waals surface area contributed by atoms with E-state index in [-0.39, 0.29) is 18.5 Å². The molecule has 0 unspecified atom stereocenters. The second-order valence-corrected chi connectivity index (χ2v) is 4.37. The summed E-state index contributed by atoms with van der Waals surface area (Å²) in [7, 11) is 0. The first kappa shape index (κ1) is 13.5. The van der Waals surface area contributed by atoms with Gasteiger partial charge >= 0.3 is 0 Å². The maximum absolute atomic E-state index is 9.53. The van der Waals surface area contributed by atoms with Crippen molar-refractivity contribution in [3.8, 4) is 0 Å². The average molecular weight is 242 g/mol. The lowest BCUT2D eigenvalue weighted by Crippen LogP contribution is -2.26. The van der Waals surface area contributed by atoms with E-state index in [9.17, 15) is 5.11 Å². The second kappa shape index (κ2) is 6.24. The van der Waals surface area contributed by atoms with Gasteiger partial charge in [0.2, 0.25) is 0 Å². The Morgan fingerprint density at radius 1 is 1.31 bits per heavy atom. The van der Waals surface area contributed by atoms with Crippen LogP contribution >= 0.6 is 12.4 Å². The zero-order valence-corrected chi connectivity index (χ0v) is 10.5. The fraction of sp³-hybridized carbons (Fsp3) is 0.538. The fourth-order valence-electron chi connectivity index (χ4n) is 2.23. The Hall–Kier alpha value is -0.570. The van der Waals surface area contributed by atoms with Gasteiger partial charge in [0.25, 0.3) is 0 Å². The molecule has 0 aromatic heterocycles. The van der Waals surface area contributed by atoms with E-state index in [2.05, 4.69) is 23.5 Å². The number of rotatable bonds is 2. The first-order valence-corrected chi connectivity index (χ1v) is 5.76. The molecule has 2 rings (SSSR count). The maximum Gasteiger partial charge on any atom is 0.0762 e. The molecule has 2 nitrogen and oxygen atoms in total. The molecule has 0 saturated carbocycles. The summed E-state index contributed by atoms with van der Waals surface area (Å²) in [5.74, 6) is 0.671. The van der Waals surface area contributed by atoms with Crippen LogP contribution in [0, 0.1) is 0 Å². The minimum Gasteiger partial charge on any atom is -0.389 e. The van der Waals surface area contributed by atoms with Crippen LogP contribution in [0.1, 0.15) is 42.9 Å². The van der Waals surface area contributed by atoms with Crippen molar-refractivity contribution in [3.05, 3.63) is 35.4 Å². The summed E-state index contributed by atoms with van der Waals surface area (Å²) >= 11 is 0. The van der Waals surface area contributed by atoms with Gasteiger partial charge in [-0.1, -0.05) is 24.3 Å². The summed E-state index contributed by atoms with van der Waals surface area (Å²) in [4.78, 5) is 0. The molecule has 0 amide bonds. The summed E-state index contributed by atoms with van der Waals surface area (Å²) < 4.78 is 0. The van der Waals surface area contributed by atoms with E-state index in [0.717, 1.165) is 18.7 Å². The van der Waals surface area contributed by atoms with E-state index < -0.39 is 0 Å². The van der Waals surface area contributed by atoms with E-state index in [1.54, 1.807) is 0 Å². The number of nitrogens with one attached hydrogen (secondary N) is 1. The monoisotopic (exact) mass is 241 g/mol. The molecular weight excluding hydrogens is 222 g/mol. The molecule has 0 radical (unpaired) electrons. The van der Waals surface area contributed by atoms with Crippen LogP contribution in [0.5, 0.6) is 0 Å². The van der Waals surface area contributed by atoms with Crippen molar-refractivity contribution in [2.24, 2.45) is 0 Å². The number of aliphatic hydroxyl groups is 1. The van der Waals surface area contributed by atoms with Crippen LogP contribution in [-0.2, 0) is 0 Å². The Morgan fingerprint density at radius 2 is 2.00 bits per heavy atom. The predicted molar refractivity (Wildman–Crippen MR) is 69.2 cm³/mol. The zero-order chi connectivity index (χ0) is 10.7. The zero-order valence-electron chi connectivity index (χ0n) is 9.65. The van der Waals surface area contributed by atoms with E-state index in [1.807, 2.05) is 13.0 Å². The van der Waals surface area contributed by atoms with Gasteiger partial charge < -0.3 is 10.4 Å². The van der Waals surface area contributed by atoms with Gasteiger partial charge in [0.1, 0.15) is 0 Å². The van der Waals surface area contributed by atoms with Crippen LogP contribution in [0.25, 0.3) is 0 Å². The summed E-state index contributed by atoms with van der Waals surface area (Å²) in [6, 6.07) is 8.39. The highest BCUT2D eigenvalue weighted by molar-refractivity contribution is 5.85. The van der Waals surface area contributed by atoms with Gasteiger partial charge in [0.15, 0.2) is 0 Å². The van der Waals surface area contributed by atoms with Crippen molar-refractivity contribution >= 4 is 12.4 Å². The minimum atomic E-state index is -0.355. The number of piperidine rings is 1. The molecule has 1 heterocycles. The van der Waals surface area contributed by atoms with Crippen molar-refractivity contribution in [2.45, 2.75) is 31.8 Å². The van der Waals surface area contributed by atoms with Crippen molar-refractivity contribution in [1.82, 2.24) is 5.32 Å². The average Bonchev–Trinajstić information content (AvgIpc) is 2.30. The Labute approximate surface area is 103 Å². The first-order chi connectivity index (χ1) is 7.27. The smallest absolute Gasteiger partial charge is 0.0762 e. The number of aliphatic hydroxyl groups excluding tert-OH is 1. The highest BCUT2D eigenvalue weighted by Gasteiger charge is 2.15. The lowest BCUT2D eigenvalue weighted by atomic mass is 9.89.